The molecule has 0 aromatic carbocycles. The van der Waals surface area contributed by atoms with Gasteiger partial charge in [-0.15, -0.1) is 0 Å². The largest absolute Gasteiger partial charge is 1.00 e. The highest BCUT2D eigenvalue weighted by molar-refractivity contribution is 7.98. The van der Waals surface area contributed by atoms with E-state index in [0.29, 0.717) is 0 Å². The van der Waals surface area contributed by atoms with Crippen LogP contribution in [0.5, 0.6) is 0 Å². The lowest BCUT2D eigenvalue weighted by Crippen LogP contribution is -3.00. The van der Waals surface area contributed by atoms with Crippen molar-refractivity contribution in [2.24, 2.45) is 0 Å². The van der Waals surface area contributed by atoms with E-state index in [9.17, 15) is 9.59 Å². The maximum atomic E-state index is 10.8. The number of carboxylic acids is 2. The molecule has 6 heteroatoms. The van der Waals surface area contributed by atoms with Crippen LogP contribution >= 0.6 is 0 Å². The van der Waals surface area contributed by atoms with E-state index in [2.05, 4.69) is 0 Å². The van der Waals surface area contributed by atoms with Gasteiger partial charge in [-0.2, -0.15) is 0 Å². The lowest BCUT2D eigenvalue weighted by atomic mass is 10.3. The predicted octanol–water partition coefficient (Wildman–Crippen LogP) is -2.67. The summed E-state index contributed by atoms with van der Waals surface area (Å²) in [5, 5.41) is 16.7. The highest BCUT2D eigenvalue weighted by Gasteiger charge is 2.40. The average molecular weight is 241 g/mol. The first-order valence-electron chi connectivity index (χ1n) is 4.22. The quantitative estimate of drug-likeness (QED) is 0.526. The van der Waals surface area contributed by atoms with Gasteiger partial charge in [0.1, 0.15) is 17.9 Å². The van der Waals surface area contributed by atoms with E-state index in [4.69, 9.17) is 10.2 Å². The molecule has 1 aliphatic heterocycles. The minimum Gasteiger partial charge on any atom is -1.00 e. The second kappa shape index (κ2) is 6.14. The summed E-state index contributed by atoms with van der Waals surface area (Å²) in [5.74, 6) is -0.173. The summed E-state index contributed by atoms with van der Waals surface area (Å²) in [5.41, 5.74) is 0. The van der Waals surface area contributed by atoms with Gasteiger partial charge >= 0.3 is 11.9 Å². The molecule has 0 saturated carbocycles. The van der Waals surface area contributed by atoms with Gasteiger partial charge in [0.25, 0.3) is 0 Å². The molecule has 0 aliphatic carbocycles. The number of aliphatic carboxylic acids is 2. The van der Waals surface area contributed by atoms with Gasteiger partial charge in [-0.25, -0.2) is 4.79 Å². The Morgan fingerprint density at radius 1 is 1.21 bits per heavy atom. The third kappa shape index (κ3) is 3.75. The van der Waals surface area contributed by atoms with Crippen molar-refractivity contribution >= 4 is 22.8 Å². The van der Waals surface area contributed by atoms with Crippen molar-refractivity contribution < 1.29 is 32.2 Å². The number of hydrogen-bond acceptors (Lipinski definition) is 2. The van der Waals surface area contributed by atoms with Gasteiger partial charge in [0.2, 0.25) is 5.25 Å². The molecule has 0 spiro atoms. The van der Waals surface area contributed by atoms with E-state index in [1.807, 2.05) is 0 Å². The molecule has 0 aromatic heterocycles. The third-order valence-corrected chi connectivity index (χ3v) is 4.90. The monoisotopic (exact) mass is 240 g/mol. The SMILES string of the molecule is O=C(O)CC(C(=O)O)[S+]1CCCC1.[Cl-]. The molecule has 1 atom stereocenters. The van der Waals surface area contributed by atoms with E-state index >= 15 is 0 Å². The summed E-state index contributed by atoms with van der Waals surface area (Å²) in [7, 11) is -0.196. The number of rotatable bonds is 4. The smallest absolute Gasteiger partial charge is 0.357 e. The summed E-state index contributed by atoms with van der Waals surface area (Å²) in [6.45, 7) is 0. The second-order valence-electron chi connectivity index (χ2n) is 3.08. The summed E-state index contributed by atoms with van der Waals surface area (Å²) >= 11 is 0. The zero-order valence-corrected chi connectivity index (χ0v) is 9.18. The Kier molecular flexibility index (Phi) is 5.95. The molecule has 0 bridgehead atoms. The fraction of sp³-hybridized carbons (Fsp3) is 0.750. The van der Waals surface area contributed by atoms with Crippen LogP contribution in [-0.2, 0) is 20.5 Å². The maximum Gasteiger partial charge on any atom is 0.357 e. The fourth-order valence-corrected chi connectivity index (χ4v) is 4.05. The van der Waals surface area contributed by atoms with Crippen molar-refractivity contribution in [2.75, 3.05) is 11.5 Å². The van der Waals surface area contributed by atoms with Crippen LogP contribution in [0.3, 0.4) is 0 Å². The van der Waals surface area contributed by atoms with Crippen molar-refractivity contribution in [1.82, 2.24) is 0 Å². The molecular formula is C8H13ClO4S. The minimum absolute atomic E-state index is 0. The molecule has 2 N–H and O–H groups in total. The van der Waals surface area contributed by atoms with E-state index in [1.165, 1.54) is 0 Å². The number of hydrogen-bond donors (Lipinski definition) is 2. The van der Waals surface area contributed by atoms with Crippen LogP contribution < -0.4 is 12.4 Å². The van der Waals surface area contributed by atoms with Gasteiger partial charge in [-0.05, 0) is 12.8 Å². The highest BCUT2D eigenvalue weighted by Crippen LogP contribution is 2.21. The Hall–Kier alpha value is -0.420. The van der Waals surface area contributed by atoms with Gasteiger partial charge in [-0.3, -0.25) is 4.79 Å². The molecule has 1 rings (SSSR count). The number of carboxylic acid groups (broad SMARTS) is 2. The molecule has 4 nitrogen and oxygen atoms in total. The van der Waals surface area contributed by atoms with Crippen LogP contribution in [0.1, 0.15) is 19.3 Å². The van der Waals surface area contributed by atoms with Crippen LogP contribution in [0.15, 0.2) is 0 Å². The average Bonchev–Trinajstić information content (AvgIpc) is 2.50. The zero-order valence-electron chi connectivity index (χ0n) is 7.61. The van der Waals surface area contributed by atoms with Crippen molar-refractivity contribution in [2.45, 2.75) is 24.5 Å². The second-order valence-corrected chi connectivity index (χ2v) is 5.54. The maximum absolute atomic E-state index is 10.8. The summed E-state index contributed by atoms with van der Waals surface area (Å²) in [6, 6.07) is 0. The van der Waals surface area contributed by atoms with Crippen molar-refractivity contribution in [3.63, 3.8) is 0 Å². The summed E-state index contributed by atoms with van der Waals surface area (Å²) < 4.78 is 0. The molecule has 1 aliphatic rings. The normalized spacial score (nSPS) is 18.6. The number of halogens is 1. The molecule has 0 aromatic rings. The molecule has 1 heterocycles. The summed E-state index contributed by atoms with van der Waals surface area (Å²) in [4.78, 5) is 21.2. The van der Waals surface area contributed by atoms with Crippen molar-refractivity contribution in [3.05, 3.63) is 0 Å². The van der Waals surface area contributed by atoms with Gasteiger partial charge < -0.3 is 22.6 Å². The molecule has 14 heavy (non-hydrogen) atoms. The van der Waals surface area contributed by atoms with Crippen LogP contribution in [0, 0.1) is 0 Å². The first kappa shape index (κ1) is 13.6. The Labute approximate surface area is 91.4 Å². The zero-order chi connectivity index (χ0) is 9.84. The van der Waals surface area contributed by atoms with Crippen LogP contribution in [0.4, 0.5) is 0 Å². The molecule has 82 valence electrons. The minimum atomic E-state index is -1.01. The Morgan fingerprint density at radius 2 is 1.71 bits per heavy atom. The van der Waals surface area contributed by atoms with Crippen LogP contribution in [0.2, 0.25) is 0 Å². The molecule has 1 unspecified atom stereocenters. The fourth-order valence-electron chi connectivity index (χ4n) is 1.47. The van der Waals surface area contributed by atoms with Crippen LogP contribution in [0.25, 0.3) is 0 Å². The Bertz CT molecular complexity index is 215. The number of carbonyl (C=O) groups is 2. The standard InChI is InChI=1S/C8H12O4S.ClH/c9-7(10)5-6(8(11)12)13-3-1-2-4-13;/h6H,1-5H2,(H-,9,10,11,12);1H. The lowest BCUT2D eigenvalue weighted by molar-refractivity contribution is -0.143. The van der Waals surface area contributed by atoms with Gasteiger partial charge in [0.15, 0.2) is 0 Å². The summed E-state index contributed by atoms with van der Waals surface area (Å²) in [6.07, 6.45) is 1.87. The van der Waals surface area contributed by atoms with Crippen molar-refractivity contribution in [1.29, 1.82) is 0 Å². The predicted molar refractivity (Wildman–Crippen MR) is 50.0 cm³/mol. The molecule has 0 radical (unpaired) electrons. The van der Waals surface area contributed by atoms with Gasteiger partial charge in [-0.1, -0.05) is 0 Å². The Balaban J connectivity index is 0.00000169. The molecule has 1 saturated heterocycles. The van der Waals surface area contributed by atoms with Gasteiger partial charge in [0.05, 0.1) is 0 Å². The molecule has 1 fully saturated rings. The van der Waals surface area contributed by atoms with Gasteiger partial charge in [0, 0.05) is 10.9 Å². The third-order valence-electron chi connectivity index (χ3n) is 2.10. The van der Waals surface area contributed by atoms with E-state index in [1.54, 1.807) is 0 Å². The topological polar surface area (TPSA) is 74.6 Å². The Morgan fingerprint density at radius 3 is 2.07 bits per heavy atom. The first-order chi connectivity index (χ1) is 6.11. The van der Waals surface area contributed by atoms with E-state index in [-0.39, 0.29) is 29.7 Å². The van der Waals surface area contributed by atoms with Crippen molar-refractivity contribution in [3.8, 4) is 0 Å². The molecular weight excluding hydrogens is 228 g/mol. The van der Waals surface area contributed by atoms with E-state index in [0.717, 1.165) is 24.3 Å². The molecule has 0 amide bonds. The van der Waals surface area contributed by atoms with Crippen LogP contribution in [-0.4, -0.2) is 38.9 Å². The lowest BCUT2D eigenvalue weighted by Gasteiger charge is -2.08. The highest BCUT2D eigenvalue weighted by atomic mass is 35.5. The first-order valence-corrected chi connectivity index (χ1v) is 5.85. The van der Waals surface area contributed by atoms with E-state index < -0.39 is 17.2 Å².